The number of carboxylic acid groups (broad SMARTS) is 1. The highest BCUT2D eigenvalue weighted by atomic mass is 19.4. The van der Waals surface area contributed by atoms with Gasteiger partial charge < -0.3 is 20.4 Å². The highest BCUT2D eigenvalue weighted by Crippen LogP contribution is 2.32. The van der Waals surface area contributed by atoms with E-state index in [0.29, 0.717) is 17.0 Å². The van der Waals surface area contributed by atoms with Gasteiger partial charge in [-0.15, -0.1) is 0 Å². The molecule has 2 aromatic carbocycles. The molecule has 1 amide bonds. The van der Waals surface area contributed by atoms with E-state index in [1.807, 2.05) is 24.3 Å². The Labute approximate surface area is 202 Å². The third-order valence-corrected chi connectivity index (χ3v) is 6.21. The number of para-hydroxylation sites is 2. The van der Waals surface area contributed by atoms with E-state index in [1.165, 1.54) is 4.57 Å². The van der Waals surface area contributed by atoms with Crippen LogP contribution in [0.5, 0.6) is 0 Å². The molecule has 0 radical (unpaired) electrons. The lowest BCUT2D eigenvalue weighted by atomic mass is 9.85. The van der Waals surface area contributed by atoms with Crippen LogP contribution in [0.3, 0.4) is 0 Å². The lowest BCUT2D eigenvalue weighted by molar-refractivity contribution is -0.192. The van der Waals surface area contributed by atoms with Gasteiger partial charge in [0.15, 0.2) is 0 Å². The number of aromatic amines is 2. The van der Waals surface area contributed by atoms with Crippen LogP contribution in [0, 0.1) is 0 Å². The zero-order valence-electron chi connectivity index (χ0n) is 19.2. The van der Waals surface area contributed by atoms with Crippen LogP contribution in [0.2, 0.25) is 0 Å². The maximum absolute atomic E-state index is 12.8. The molecular weight excluding hydrogens is 479 g/mol. The molecule has 2 aromatic heterocycles. The Morgan fingerprint density at radius 2 is 1.83 bits per heavy atom. The topological polar surface area (TPSA) is 133 Å². The molecule has 1 aliphatic carbocycles. The number of nitrogens with zero attached hydrogens (tertiary/aromatic N) is 2. The zero-order chi connectivity index (χ0) is 26.0. The molecule has 1 fully saturated rings. The Bertz CT molecular complexity index is 1440. The second-order valence-electron chi connectivity index (χ2n) is 8.70. The maximum Gasteiger partial charge on any atom is 0.490 e. The second kappa shape index (κ2) is 9.88. The van der Waals surface area contributed by atoms with Crippen molar-refractivity contribution in [3.63, 3.8) is 0 Å². The number of hydrogen-bond acceptors (Lipinski definition) is 4. The molecule has 0 aliphatic heterocycles. The van der Waals surface area contributed by atoms with E-state index in [9.17, 15) is 22.8 Å². The third kappa shape index (κ3) is 5.42. The molecule has 9 nitrogen and oxygen atoms in total. The van der Waals surface area contributed by atoms with Crippen LogP contribution in [0.1, 0.15) is 47.8 Å². The molecular formula is C24H24F3N5O4. The molecule has 0 saturated heterocycles. The van der Waals surface area contributed by atoms with Gasteiger partial charge in [0.05, 0.1) is 22.1 Å². The lowest BCUT2D eigenvalue weighted by Crippen LogP contribution is -2.38. The van der Waals surface area contributed by atoms with Crippen LogP contribution in [-0.2, 0) is 11.8 Å². The number of carboxylic acids is 1. The largest absolute Gasteiger partial charge is 0.490 e. The van der Waals surface area contributed by atoms with Crippen LogP contribution >= 0.6 is 0 Å². The Balaban J connectivity index is 0.000000384. The van der Waals surface area contributed by atoms with Crippen molar-refractivity contribution >= 4 is 33.9 Å². The Hall–Kier alpha value is -4.09. The first-order chi connectivity index (χ1) is 17.0. The lowest BCUT2D eigenvalue weighted by Gasteiger charge is -2.28. The highest BCUT2D eigenvalue weighted by molar-refractivity contribution is 5.97. The number of aromatic nitrogens is 4. The fourth-order valence-electron chi connectivity index (χ4n) is 4.38. The normalized spacial score (nSPS) is 18.0. The standard InChI is InChI=1S/C22H23N5O2.C2HF3O2/c1-27-19-10-9-14(12-18(19)26-22(27)29)21(28)23-15-6-4-5-13(11-15)20-24-16-7-2-3-8-17(16)25-20;3-2(4,5)1(6)7/h2-3,7-10,12-13,15H,4-6,11H2,1H3,(H,23,28)(H,24,25)(H,26,29);(H,6,7)/t13-,15+;/m0./s1. The van der Waals surface area contributed by atoms with Gasteiger partial charge in [0.1, 0.15) is 5.82 Å². The van der Waals surface area contributed by atoms with E-state index in [-0.39, 0.29) is 17.6 Å². The van der Waals surface area contributed by atoms with Gasteiger partial charge in [-0.1, -0.05) is 18.6 Å². The first-order valence-electron chi connectivity index (χ1n) is 11.3. The minimum absolute atomic E-state index is 0.105. The summed E-state index contributed by atoms with van der Waals surface area (Å²) < 4.78 is 33.3. The van der Waals surface area contributed by atoms with Crippen molar-refractivity contribution in [1.82, 2.24) is 24.8 Å². The molecule has 190 valence electrons. The van der Waals surface area contributed by atoms with Crippen molar-refractivity contribution in [3.8, 4) is 0 Å². The number of rotatable bonds is 3. The highest BCUT2D eigenvalue weighted by Gasteiger charge is 2.38. The number of aliphatic carboxylic acids is 1. The number of nitrogens with one attached hydrogen (secondary N) is 3. The predicted octanol–water partition coefficient (Wildman–Crippen LogP) is 3.83. The van der Waals surface area contributed by atoms with Crippen LogP contribution < -0.4 is 11.0 Å². The van der Waals surface area contributed by atoms with Crippen molar-refractivity contribution in [2.75, 3.05) is 0 Å². The maximum atomic E-state index is 12.8. The minimum Gasteiger partial charge on any atom is -0.475 e. The fraction of sp³-hybridized carbons (Fsp3) is 0.333. The van der Waals surface area contributed by atoms with Crippen LogP contribution in [0.4, 0.5) is 13.2 Å². The van der Waals surface area contributed by atoms with Crippen LogP contribution in [0.15, 0.2) is 47.3 Å². The molecule has 4 aromatic rings. The van der Waals surface area contributed by atoms with Crippen molar-refractivity contribution in [2.24, 2.45) is 7.05 Å². The number of imidazole rings is 2. The summed E-state index contributed by atoms with van der Waals surface area (Å²) >= 11 is 0. The molecule has 12 heteroatoms. The van der Waals surface area contributed by atoms with Crippen molar-refractivity contribution in [3.05, 3.63) is 64.3 Å². The Kier molecular flexibility index (Phi) is 6.86. The summed E-state index contributed by atoms with van der Waals surface area (Å²) in [6.45, 7) is 0. The molecule has 0 bridgehead atoms. The fourth-order valence-corrected chi connectivity index (χ4v) is 4.38. The minimum atomic E-state index is -5.08. The summed E-state index contributed by atoms with van der Waals surface area (Å²) in [6.07, 6.45) is -1.12. The molecule has 2 heterocycles. The van der Waals surface area contributed by atoms with Gasteiger partial charge in [0.2, 0.25) is 0 Å². The number of halogens is 3. The average molecular weight is 503 g/mol. The molecule has 2 atom stereocenters. The van der Waals surface area contributed by atoms with Crippen molar-refractivity contribution in [2.45, 2.75) is 43.8 Å². The summed E-state index contributed by atoms with van der Waals surface area (Å²) in [6, 6.07) is 13.5. The SMILES string of the molecule is Cn1c(=O)[nH]c2cc(C(=O)N[C@@H]3CCC[C@H](c4nc5ccccc5[nH]4)C3)ccc21.O=C(O)C(F)(F)F. The number of hydrogen-bond donors (Lipinski definition) is 4. The quantitative estimate of drug-likeness (QED) is 0.337. The number of amides is 1. The van der Waals surface area contributed by atoms with E-state index in [4.69, 9.17) is 14.9 Å². The number of aryl methyl sites for hydroxylation is 1. The Morgan fingerprint density at radius 1 is 1.11 bits per heavy atom. The number of fused-ring (bicyclic) bond motifs is 2. The van der Waals surface area contributed by atoms with Gasteiger partial charge in [0, 0.05) is 24.6 Å². The van der Waals surface area contributed by atoms with Gasteiger partial charge in [-0.2, -0.15) is 13.2 Å². The van der Waals surface area contributed by atoms with Crippen molar-refractivity contribution in [1.29, 1.82) is 0 Å². The van der Waals surface area contributed by atoms with Gasteiger partial charge >= 0.3 is 17.8 Å². The summed E-state index contributed by atoms with van der Waals surface area (Å²) in [4.78, 5) is 44.4. The monoisotopic (exact) mass is 503 g/mol. The summed E-state index contributed by atoms with van der Waals surface area (Å²) in [5.41, 5.74) is 3.88. The molecule has 4 N–H and O–H groups in total. The smallest absolute Gasteiger partial charge is 0.475 e. The number of carbonyl (C=O) groups excluding carboxylic acids is 1. The molecule has 1 aliphatic rings. The van der Waals surface area contributed by atoms with Crippen LogP contribution in [0.25, 0.3) is 22.1 Å². The first-order valence-corrected chi connectivity index (χ1v) is 11.3. The van der Waals surface area contributed by atoms with Gasteiger partial charge in [0.25, 0.3) is 5.91 Å². The predicted molar refractivity (Wildman–Crippen MR) is 126 cm³/mol. The second-order valence-corrected chi connectivity index (χ2v) is 8.70. The van der Waals surface area contributed by atoms with Gasteiger partial charge in [-0.05, 0) is 49.6 Å². The molecule has 0 unspecified atom stereocenters. The van der Waals surface area contributed by atoms with E-state index in [1.54, 1.807) is 25.2 Å². The summed E-state index contributed by atoms with van der Waals surface area (Å²) in [5.74, 6) is -1.54. The summed E-state index contributed by atoms with van der Waals surface area (Å²) in [5, 5.41) is 10.3. The van der Waals surface area contributed by atoms with Crippen LogP contribution in [-0.4, -0.2) is 48.7 Å². The van der Waals surface area contributed by atoms with Gasteiger partial charge in [-0.3, -0.25) is 9.36 Å². The Morgan fingerprint density at radius 3 is 2.53 bits per heavy atom. The zero-order valence-corrected chi connectivity index (χ0v) is 19.2. The molecule has 36 heavy (non-hydrogen) atoms. The van der Waals surface area contributed by atoms with E-state index < -0.39 is 12.1 Å². The number of alkyl halides is 3. The van der Waals surface area contributed by atoms with E-state index >= 15 is 0 Å². The molecule has 1 saturated carbocycles. The van der Waals surface area contributed by atoms with E-state index in [2.05, 4.69) is 15.3 Å². The van der Waals surface area contributed by atoms with E-state index in [0.717, 1.165) is 48.1 Å². The first kappa shape index (κ1) is 25.0. The summed E-state index contributed by atoms with van der Waals surface area (Å²) in [7, 11) is 1.71. The molecule has 5 rings (SSSR count). The molecule has 0 spiro atoms. The van der Waals surface area contributed by atoms with Crippen molar-refractivity contribution < 1.29 is 27.9 Å². The number of H-pyrrole nitrogens is 2. The number of carbonyl (C=O) groups is 2. The number of benzene rings is 2. The third-order valence-electron chi connectivity index (χ3n) is 6.21. The average Bonchev–Trinajstić information content (AvgIpc) is 3.39. The van der Waals surface area contributed by atoms with Gasteiger partial charge in [-0.25, -0.2) is 14.6 Å².